The number of anilines is 1. The van der Waals surface area contributed by atoms with E-state index in [0.717, 1.165) is 14.6 Å². The molecular weight excluding hydrogens is 595 g/mol. The van der Waals surface area contributed by atoms with Crippen LogP contribution in [0.1, 0.15) is 47.8 Å². The molecule has 1 fully saturated rings. The normalized spacial score (nSPS) is 24.8. The molecule has 3 rings (SSSR count). The van der Waals surface area contributed by atoms with Crippen molar-refractivity contribution in [2.75, 3.05) is 11.5 Å². The summed E-state index contributed by atoms with van der Waals surface area (Å²) in [5.74, 6) is 1.01. The number of nitrogens with two attached hydrogens (primary N) is 1. The van der Waals surface area contributed by atoms with Gasteiger partial charge >= 0.3 is 0 Å². The van der Waals surface area contributed by atoms with Crippen molar-refractivity contribution in [2.45, 2.75) is 102 Å². The fourth-order valence-corrected chi connectivity index (χ4v) is 7.35. The molecule has 7 nitrogen and oxygen atoms in total. The van der Waals surface area contributed by atoms with Crippen LogP contribution >= 0.6 is 35.2 Å². The predicted molar refractivity (Wildman–Crippen MR) is 157 cm³/mol. The Morgan fingerprint density at radius 3 is 2.06 bits per heavy atom. The third kappa shape index (κ3) is 5.26. The average Bonchev–Trinajstić information content (AvgIpc) is 3.18. The van der Waals surface area contributed by atoms with Crippen molar-refractivity contribution in [2.24, 2.45) is 0 Å². The minimum Gasteiger partial charge on any atom is -0.408 e. The minimum absolute atomic E-state index is 0.0396. The van der Waals surface area contributed by atoms with Gasteiger partial charge < -0.3 is 23.9 Å². The molecule has 1 aliphatic heterocycles. The molecule has 0 saturated carbocycles. The zero-order chi connectivity index (χ0) is 25.9. The number of aromatic nitrogens is 3. The van der Waals surface area contributed by atoms with Crippen molar-refractivity contribution >= 4 is 68.7 Å². The number of halogens is 1. The van der Waals surface area contributed by atoms with Gasteiger partial charge in [-0.2, -0.15) is 12.6 Å². The lowest BCUT2D eigenvalue weighted by Crippen LogP contribution is -2.53. The van der Waals surface area contributed by atoms with Gasteiger partial charge in [0.25, 0.3) is 0 Å². The van der Waals surface area contributed by atoms with Crippen LogP contribution in [0.2, 0.25) is 36.3 Å². The first-order valence-corrected chi connectivity index (χ1v) is 19.3. The first-order valence-electron chi connectivity index (χ1n) is 11.8. The van der Waals surface area contributed by atoms with E-state index < -0.39 is 22.9 Å². The smallest absolute Gasteiger partial charge is 0.192 e. The summed E-state index contributed by atoms with van der Waals surface area (Å²) in [6.07, 6.45) is 2.41. The lowest BCUT2D eigenvalue weighted by atomic mass is 10.1. The van der Waals surface area contributed by atoms with Crippen LogP contribution in [0.4, 0.5) is 5.82 Å². The van der Waals surface area contributed by atoms with Crippen molar-refractivity contribution in [3.05, 3.63) is 16.1 Å². The number of hydrogen-bond acceptors (Lipinski definition) is 7. The van der Waals surface area contributed by atoms with Gasteiger partial charge in [0.05, 0.1) is 11.5 Å². The first-order chi connectivity index (χ1) is 15.4. The number of fused-ring (bicyclic) bond motifs is 1. The SMILES string of the molecule is CC(C)(C)[Si](C)(C)O[C@@H]1[C@H](O[Si](C)(C)C(C)(C)C)[C@@H](CS)O[C@H]1n1cc(I)c2c(N)ncnc21. The number of rotatable bonds is 6. The highest BCUT2D eigenvalue weighted by molar-refractivity contribution is 14.1. The highest BCUT2D eigenvalue weighted by Crippen LogP contribution is 2.46. The molecule has 34 heavy (non-hydrogen) atoms. The van der Waals surface area contributed by atoms with Crippen LogP contribution in [0, 0.1) is 3.57 Å². The number of nitrogens with zero attached hydrogens (tertiary/aromatic N) is 3. The van der Waals surface area contributed by atoms with Gasteiger partial charge in [-0.3, -0.25) is 0 Å². The molecule has 192 valence electrons. The quantitative estimate of drug-likeness (QED) is 0.222. The molecule has 0 aromatic carbocycles. The second-order valence-electron chi connectivity index (χ2n) is 12.3. The van der Waals surface area contributed by atoms with Crippen LogP contribution in [0.5, 0.6) is 0 Å². The number of thiol groups is 1. The maximum Gasteiger partial charge on any atom is 0.192 e. The summed E-state index contributed by atoms with van der Waals surface area (Å²) in [7, 11) is -4.28. The molecule has 2 aromatic heterocycles. The van der Waals surface area contributed by atoms with E-state index in [-0.39, 0.29) is 28.4 Å². The Morgan fingerprint density at radius 1 is 1.03 bits per heavy atom. The summed E-state index contributed by atoms with van der Waals surface area (Å²) in [4.78, 5) is 8.76. The van der Waals surface area contributed by atoms with Crippen molar-refractivity contribution < 1.29 is 13.6 Å². The van der Waals surface area contributed by atoms with Crippen LogP contribution in [0.3, 0.4) is 0 Å². The van der Waals surface area contributed by atoms with Crippen molar-refractivity contribution in [1.29, 1.82) is 0 Å². The van der Waals surface area contributed by atoms with Gasteiger partial charge in [-0.05, 0) is 58.9 Å². The van der Waals surface area contributed by atoms with Gasteiger partial charge in [0.15, 0.2) is 22.9 Å². The van der Waals surface area contributed by atoms with Crippen molar-refractivity contribution in [3.8, 4) is 0 Å². The topological polar surface area (TPSA) is 84.4 Å². The predicted octanol–water partition coefficient (Wildman–Crippen LogP) is 6.23. The van der Waals surface area contributed by atoms with Crippen molar-refractivity contribution in [3.63, 3.8) is 0 Å². The summed E-state index contributed by atoms with van der Waals surface area (Å²) < 4.78 is 23.8. The maximum atomic E-state index is 7.10. The summed E-state index contributed by atoms with van der Waals surface area (Å²) in [5, 5.41) is 0.942. The Hall–Kier alpha value is -0.186. The zero-order valence-corrected chi connectivity index (χ0v) is 27.2. The van der Waals surface area contributed by atoms with E-state index in [1.54, 1.807) is 0 Å². The Labute approximate surface area is 225 Å². The second-order valence-corrected chi connectivity index (χ2v) is 23.3. The van der Waals surface area contributed by atoms with Gasteiger partial charge in [-0.1, -0.05) is 41.5 Å². The lowest BCUT2D eigenvalue weighted by Gasteiger charge is -2.44. The van der Waals surface area contributed by atoms with Gasteiger partial charge in [0.2, 0.25) is 0 Å². The molecule has 2 aromatic rings. The third-order valence-electron chi connectivity index (χ3n) is 7.81. The monoisotopic (exact) mass is 636 g/mol. The number of nitrogen functional groups attached to an aromatic ring is 1. The highest BCUT2D eigenvalue weighted by Gasteiger charge is 2.54. The molecule has 4 atom stereocenters. The minimum atomic E-state index is -2.16. The molecule has 3 heterocycles. The fourth-order valence-electron chi connectivity index (χ4n) is 3.64. The van der Waals surface area contributed by atoms with Gasteiger partial charge in [0.1, 0.15) is 30.0 Å². The summed E-state index contributed by atoms with van der Waals surface area (Å²) in [6.45, 7) is 22.7. The number of hydrogen-bond donors (Lipinski definition) is 2. The molecule has 0 spiro atoms. The van der Waals surface area contributed by atoms with Crippen LogP contribution in [0.15, 0.2) is 12.5 Å². The van der Waals surface area contributed by atoms with E-state index in [4.69, 9.17) is 19.3 Å². The molecule has 11 heteroatoms. The summed E-state index contributed by atoms with van der Waals surface area (Å²) in [6, 6.07) is 0. The fraction of sp³-hybridized carbons (Fsp3) is 0.739. The van der Waals surface area contributed by atoms with Crippen molar-refractivity contribution in [1.82, 2.24) is 14.5 Å². The third-order valence-corrected chi connectivity index (χ3v) is 17.9. The Kier molecular flexibility index (Phi) is 8.02. The molecular formula is C23H41IN4O3SSi2. The Morgan fingerprint density at radius 2 is 1.56 bits per heavy atom. The Balaban J connectivity index is 2.14. The second kappa shape index (κ2) is 9.60. The number of ether oxygens (including phenoxy) is 1. The van der Waals surface area contributed by atoms with Gasteiger partial charge in [-0.25, -0.2) is 9.97 Å². The molecule has 0 aliphatic carbocycles. The molecule has 0 bridgehead atoms. The van der Waals surface area contributed by atoms with Crippen LogP contribution in [-0.2, 0) is 13.6 Å². The highest BCUT2D eigenvalue weighted by atomic mass is 127. The van der Waals surface area contributed by atoms with E-state index in [9.17, 15) is 0 Å². The molecule has 0 radical (unpaired) electrons. The summed E-state index contributed by atoms with van der Waals surface area (Å²) in [5.41, 5.74) is 6.96. The molecule has 1 saturated heterocycles. The largest absolute Gasteiger partial charge is 0.408 e. The van der Waals surface area contributed by atoms with E-state index in [2.05, 4.69) is 117 Å². The summed E-state index contributed by atoms with van der Waals surface area (Å²) >= 11 is 6.95. The van der Waals surface area contributed by atoms with Gasteiger partial charge in [0, 0.05) is 15.5 Å². The molecule has 0 unspecified atom stereocenters. The van der Waals surface area contributed by atoms with E-state index >= 15 is 0 Å². The molecule has 1 aliphatic rings. The molecule has 0 amide bonds. The standard InChI is InChI=1S/C23H41IN4O3SSi2/c1-22(2,3)33(7,8)30-17-15(12-32)29-21(18(17)31-34(9,10)23(4,5)6)28-11-14(24)16-19(25)26-13-27-20(16)28/h11,13,15,17-18,21,32H,12H2,1-10H3,(H2,25,26,27)/t15-,17-,18-,21-/m1/s1. The average molecular weight is 637 g/mol. The van der Waals surface area contributed by atoms with E-state index in [1.807, 2.05) is 6.20 Å². The lowest BCUT2D eigenvalue weighted by molar-refractivity contribution is -0.0243. The van der Waals surface area contributed by atoms with Crippen LogP contribution in [-0.4, -0.2) is 55.2 Å². The Bertz CT molecular complexity index is 1040. The van der Waals surface area contributed by atoms with Crippen LogP contribution in [0.25, 0.3) is 11.0 Å². The first kappa shape index (κ1) is 28.4. The van der Waals surface area contributed by atoms with E-state index in [1.165, 1.54) is 6.33 Å². The maximum absolute atomic E-state index is 7.10. The zero-order valence-electron chi connectivity index (χ0n) is 22.1. The van der Waals surface area contributed by atoms with Crippen LogP contribution < -0.4 is 5.73 Å². The van der Waals surface area contributed by atoms with E-state index in [0.29, 0.717) is 11.6 Å². The van der Waals surface area contributed by atoms with Gasteiger partial charge in [-0.15, -0.1) is 0 Å². The molecule has 2 N–H and O–H groups in total.